The number of hydrogen-bond acceptors (Lipinski definition) is 2. The molecular weight excluding hydrogens is 186 g/mol. The molecule has 0 saturated carbocycles. The first-order valence-corrected chi connectivity index (χ1v) is 5.18. The van der Waals surface area contributed by atoms with Crippen molar-refractivity contribution in [2.24, 2.45) is 0 Å². The first-order chi connectivity index (χ1) is 7.34. The Balaban J connectivity index is 1.90. The van der Waals surface area contributed by atoms with Gasteiger partial charge in [-0.2, -0.15) is 0 Å². The molecule has 0 fully saturated rings. The summed E-state index contributed by atoms with van der Waals surface area (Å²) < 4.78 is 5.63. The predicted octanol–water partition coefficient (Wildman–Crippen LogP) is 2.92. The Labute approximate surface area is 90.1 Å². The second kappa shape index (κ2) is 4.69. The number of ether oxygens (including phenoxy) is 1. The van der Waals surface area contributed by atoms with Crippen LogP contribution < -0.4 is 10.5 Å². The van der Waals surface area contributed by atoms with Crippen LogP contribution in [-0.4, -0.2) is 6.61 Å². The van der Waals surface area contributed by atoms with Gasteiger partial charge in [-0.1, -0.05) is 18.2 Å². The van der Waals surface area contributed by atoms with E-state index in [1.54, 1.807) is 0 Å². The third kappa shape index (κ3) is 2.88. The number of nitrogen functional groups attached to an aromatic ring is 1. The summed E-state index contributed by atoms with van der Waals surface area (Å²) in [6.45, 7) is 0.639. The van der Waals surface area contributed by atoms with E-state index < -0.39 is 0 Å². The molecule has 1 aromatic rings. The molecule has 0 radical (unpaired) electrons. The molecule has 0 aliphatic heterocycles. The van der Waals surface area contributed by atoms with E-state index in [-0.39, 0.29) is 0 Å². The van der Waals surface area contributed by atoms with Crippen molar-refractivity contribution in [2.45, 2.75) is 12.8 Å². The highest BCUT2D eigenvalue weighted by atomic mass is 16.5. The Kier molecular flexibility index (Phi) is 3.08. The minimum absolute atomic E-state index is 0.639. The normalized spacial score (nSPS) is 14.8. The number of benzene rings is 1. The van der Waals surface area contributed by atoms with Gasteiger partial charge in [-0.25, -0.2) is 0 Å². The quantitative estimate of drug-likeness (QED) is 0.763. The molecule has 1 aliphatic rings. The fourth-order valence-electron chi connectivity index (χ4n) is 1.51. The standard InChI is InChI=1S/C13H15NO/c14-12-6-8-13(9-7-12)15-10-11-4-2-1-3-5-11/h2,4-9H,1,3,10,14H2. The van der Waals surface area contributed by atoms with Crippen LogP contribution in [0.1, 0.15) is 12.8 Å². The Morgan fingerprint density at radius 3 is 2.60 bits per heavy atom. The van der Waals surface area contributed by atoms with Gasteiger partial charge in [0.2, 0.25) is 0 Å². The van der Waals surface area contributed by atoms with E-state index in [4.69, 9.17) is 10.5 Å². The Bertz CT molecular complexity index is 376. The summed E-state index contributed by atoms with van der Waals surface area (Å²) in [6.07, 6.45) is 8.79. The molecule has 2 heteroatoms. The van der Waals surface area contributed by atoms with Crippen LogP contribution in [-0.2, 0) is 0 Å². The lowest BCUT2D eigenvalue weighted by atomic mass is 10.1. The highest BCUT2D eigenvalue weighted by Gasteiger charge is 1.98. The summed E-state index contributed by atoms with van der Waals surface area (Å²) in [5.41, 5.74) is 7.60. The molecule has 1 aromatic carbocycles. The van der Waals surface area contributed by atoms with Crippen LogP contribution in [0.15, 0.2) is 48.1 Å². The maximum atomic E-state index is 5.63. The van der Waals surface area contributed by atoms with E-state index >= 15 is 0 Å². The third-order valence-electron chi connectivity index (χ3n) is 2.36. The molecule has 2 N–H and O–H groups in total. The number of rotatable bonds is 3. The third-order valence-corrected chi connectivity index (χ3v) is 2.36. The van der Waals surface area contributed by atoms with Gasteiger partial charge in [-0.15, -0.1) is 0 Å². The molecule has 0 aromatic heterocycles. The van der Waals surface area contributed by atoms with E-state index in [1.807, 2.05) is 24.3 Å². The van der Waals surface area contributed by atoms with Crippen molar-refractivity contribution >= 4 is 5.69 Å². The smallest absolute Gasteiger partial charge is 0.119 e. The summed E-state index contributed by atoms with van der Waals surface area (Å²) in [5, 5.41) is 0. The second-order valence-electron chi connectivity index (χ2n) is 3.62. The van der Waals surface area contributed by atoms with Crippen LogP contribution in [0.2, 0.25) is 0 Å². The first-order valence-electron chi connectivity index (χ1n) is 5.18. The van der Waals surface area contributed by atoms with Crippen molar-refractivity contribution in [3.05, 3.63) is 48.1 Å². The van der Waals surface area contributed by atoms with Gasteiger partial charge >= 0.3 is 0 Å². The molecule has 2 nitrogen and oxygen atoms in total. The summed E-state index contributed by atoms with van der Waals surface area (Å²) in [7, 11) is 0. The molecule has 0 spiro atoms. The van der Waals surface area contributed by atoms with E-state index in [9.17, 15) is 0 Å². The van der Waals surface area contributed by atoms with Crippen LogP contribution in [0.4, 0.5) is 5.69 Å². The molecule has 0 bridgehead atoms. The molecule has 1 aliphatic carbocycles. The Morgan fingerprint density at radius 1 is 1.13 bits per heavy atom. The number of allylic oxidation sites excluding steroid dienone is 2. The maximum absolute atomic E-state index is 5.63. The lowest BCUT2D eigenvalue weighted by Gasteiger charge is -2.09. The van der Waals surface area contributed by atoms with Gasteiger partial charge in [0.1, 0.15) is 12.4 Å². The van der Waals surface area contributed by atoms with Crippen molar-refractivity contribution in [1.82, 2.24) is 0 Å². The lowest BCUT2D eigenvalue weighted by molar-refractivity contribution is 0.355. The molecule has 0 heterocycles. The summed E-state index contributed by atoms with van der Waals surface area (Å²) in [4.78, 5) is 0. The SMILES string of the molecule is Nc1ccc(OCC2=CCCC=C2)cc1. The average Bonchev–Trinajstić information content (AvgIpc) is 2.30. The largest absolute Gasteiger partial charge is 0.489 e. The topological polar surface area (TPSA) is 35.2 Å². The lowest BCUT2D eigenvalue weighted by Crippen LogP contribution is -2.01. The fourth-order valence-corrected chi connectivity index (χ4v) is 1.51. The Morgan fingerprint density at radius 2 is 1.93 bits per heavy atom. The van der Waals surface area contributed by atoms with Crippen molar-refractivity contribution in [1.29, 1.82) is 0 Å². The molecule has 2 rings (SSSR count). The van der Waals surface area contributed by atoms with Gasteiger partial charge in [0.25, 0.3) is 0 Å². The van der Waals surface area contributed by atoms with Gasteiger partial charge in [-0.05, 0) is 42.7 Å². The van der Waals surface area contributed by atoms with Gasteiger partial charge in [-0.3, -0.25) is 0 Å². The molecular formula is C13H15NO. The number of hydrogen-bond donors (Lipinski definition) is 1. The summed E-state index contributed by atoms with van der Waals surface area (Å²) in [5.74, 6) is 0.865. The van der Waals surface area contributed by atoms with Crippen LogP contribution in [0.3, 0.4) is 0 Å². The van der Waals surface area contributed by atoms with Gasteiger partial charge in [0, 0.05) is 5.69 Å². The average molecular weight is 201 g/mol. The zero-order valence-electron chi connectivity index (χ0n) is 8.65. The van der Waals surface area contributed by atoms with E-state index in [0.717, 1.165) is 24.3 Å². The second-order valence-corrected chi connectivity index (χ2v) is 3.62. The summed E-state index contributed by atoms with van der Waals surface area (Å²) in [6, 6.07) is 7.48. The van der Waals surface area contributed by atoms with Gasteiger partial charge in [0.05, 0.1) is 0 Å². The molecule has 0 atom stereocenters. The van der Waals surface area contributed by atoms with Crippen LogP contribution in [0, 0.1) is 0 Å². The monoisotopic (exact) mass is 201 g/mol. The molecule has 78 valence electrons. The summed E-state index contributed by atoms with van der Waals surface area (Å²) >= 11 is 0. The van der Waals surface area contributed by atoms with E-state index in [2.05, 4.69) is 18.2 Å². The van der Waals surface area contributed by atoms with E-state index in [0.29, 0.717) is 6.61 Å². The van der Waals surface area contributed by atoms with Crippen LogP contribution in [0.5, 0.6) is 5.75 Å². The van der Waals surface area contributed by atoms with Gasteiger partial charge in [0.15, 0.2) is 0 Å². The maximum Gasteiger partial charge on any atom is 0.119 e. The number of anilines is 1. The zero-order chi connectivity index (χ0) is 10.5. The van der Waals surface area contributed by atoms with E-state index in [1.165, 1.54) is 5.57 Å². The van der Waals surface area contributed by atoms with Crippen molar-refractivity contribution in [3.63, 3.8) is 0 Å². The fraction of sp³-hybridized carbons (Fsp3) is 0.231. The van der Waals surface area contributed by atoms with Crippen molar-refractivity contribution in [3.8, 4) is 5.75 Å². The van der Waals surface area contributed by atoms with Crippen molar-refractivity contribution < 1.29 is 4.74 Å². The molecule has 0 saturated heterocycles. The predicted molar refractivity (Wildman–Crippen MR) is 62.8 cm³/mol. The number of nitrogens with two attached hydrogens (primary N) is 1. The highest BCUT2D eigenvalue weighted by Crippen LogP contribution is 2.15. The minimum atomic E-state index is 0.639. The molecule has 15 heavy (non-hydrogen) atoms. The van der Waals surface area contributed by atoms with Crippen molar-refractivity contribution in [2.75, 3.05) is 12.3 Å². The van der Waals surface area contributed by atoms with Crippen LogP contribution in [0.25, 0.3) is 0 Å². The zero-order valence-corrected chi connectivity index (χ0v) is 8.65. The Hall–Kier alpha value is -1.70. The van der Waals surface area contributed by atoms with Gasteiger partial charge < -0.3 is 10.5 Å². The molecule has 0 unspecified atom stereocenters. The first kappa shape index (κ1) is 9.84. The molecule has 0 amide bonds. The van der Waals surface area contributed by atoms with Crippen LogP contribution >= 0.6 is 0 Å². The highest BCUT2D eigenvalue weighted by molar-refractivity contribution is 5.41. The minimum Gasteiger partial charge on any atom is -0.489 e.